The highest BCUT2D eigenvalue weighted by Gasteiger charge is 2.23. The lowest BCUT2D eigenvalue weighted by Gasteiger charge is -2.31. The number of carbonyl (C=O) groups is 2. The lowest BCUT2D eigenvalue weighted by Crippen LogP contribution is -2.36. The minimum atomic E-state index is -1.53. The van der Waals surface area contributed by atoms with Crippen molar-refractivity contribution >= 4 is 30.5 Å². The molecule has 6 nitrogen and oxygen atoms in total. The second-order valence-corrected chi connectivity index (χ2v) is 9.81. The Hall–Kier alpha value is -2.90. The predicted molar refractivity (Wildman–Crippen MR) is 134 cm³/mol. The molecule has 1 heterocycles. The number of hydrogen-bond acceptors (Lipinski definition) is 5. The third-order valence-electron chi connectivity index (χ3n) is 5.89. The van der Waals surface area contributed by atoms with E-state index < -0.39 is 12.7 Å². The number of ether oxygens (including phenoxy) is 1. The number of carbonyl (C=O) groups excluding carboxylic acids is 2. The Morgan fingerprint density at radius 2 is 1.79 bits per heavy atom. The minimum absolute atomic E-state index is 0.0421. The zero-order chi connectivity index (χ0) is 24.7. The van der Waals surface area contributed by atoms with Crippen LogP contribution in [0.1, 0.15) is 62.6 Å². The standard InChI is InChI=1S/C27H34BNO5/c1-27(2,3)34-26(31)13-11-20-6-4-8-23(18-20)22-14-16-29(17-15-22)25(30)12-10-21-7-5-9-24(19-21)28(32)33/h4-10,12,18-19,22,32-33H,11,13-17H2,1-3H3/b12-10+. The van der Waals surface area contributed by atoms with E-state index in [9.17, 15) is 19.6 Å². The zero-order valence-electron chi connectivity index (χ0n) is 20.2. The summed E-state index contributed by atoms with van der Waals surface area (Å²) >= 11 is 0. The number of nitrogens with zero attached hydrogens (tertiary/aromatic N) is 1. The zero-order valence-corrected chi connectivity index (χ0v) is 20.2. The van der Waals surface area contributed by atoms with Gasteiger partial charge in [-0.1, -0.05) is 48.5 Å². The smallest absolute Gasteiger partial charge is 0.460 e. The monoisotopic (exact) mass is 463 g/mol. The van der Waals surface area contributed by atoms with Crippen LogP contribution in [0.25, 0.3) is 6.08 Å². The number of aryl methyl sites for hydroxylation is 1. The van der Waals surface area contributed by atoms with Gasteiger partial charge in [-0.3, -0.25) is 9.59 Å². The Kier molecular flexibility index (Phi) is 8.70. The van der Waals surface area contributed by atoms with E-state index in [1.807, 2.05) is 43.9 Å². The van der Waals surface area contributed by atoms with Gasteiger partial charge < -0.3 is 19.7 Å². The number of hydrogen-bond donors (Lipinski definition) is 2. The van der Waals surface area contributed by atoms with Gasteiger partial charge >= 0.3 is 13.1 Å². The van der Waals surface area contributed by atoms with Crippen LogP contribution in [0.15, 0.2) is 54.6 Å². The molecule has 1 aliphatic rings. The highest BCUT2D eigenvalue weighted by Crippen LogP contribution is 2.29. The molecule has 3 rings (SSSR count). The number of likely N-dealkylation sites (tertiary alicyclic amines) is 1. The summed E-state index contributed by atoms with van der Waals surface area (Å²) in [6.45, 7) is 6.99. The first kappa shape index (κ1) is 25.7. The van der Waals surface area contributed by atoms with Crippen molar-refractivity contribution in [1.82, 2.24) is 4.90 Å². The first-order valence-corrected chi connectivity index (χ1v) is 11.8. The number of amides is 1. The van der Waals surface area contributed by atoms with Gasteiger partial charge in [0.2, 0.25) is 5.91 Å². The van der Waals surface area contributed by atoms with Crippen molar-refractivity contribution in [2.24, 2.45) is 0 Å². The Bertz CT molecular complexity index is 1020. The molecule has 1 amide bonds. The SMILES string of the molecule is CC(C)(C)OC(=O)CCc1cccc(C2CCN(C(=O)/C=C/c3cccc(B(O)O)c3)CC2)c1. The Labute approximate surface area is 202 Å². The summed E-state index contributed by atoms with van der Waals surface area (Å²) in [6.07, 6.45) is 6.04. The average Bonchev–Trinajstić information content (AvgIpc) is 2.80. The van der Waals surface area contributed by atoms with E-state index in [0.29, 0.717) is 37.3 Å². The van der Waals surface area contributed by atoms with Crippen molar-refractivity contribution in [3.05, 3.63) is 71.3 Å². The molecule has 0 radical (unpaired) electrons. The summed E-state index contributed by atoms with van der Waals surface area (Å²) < 4.78 is 5.40. The van der Waals surface area contributed by atoms with Crippen LogP contribution in [0.2, 0.25) is 0 Å². The molecule has 2 aromatic rings. The molecule has 0 unspecified atom stereocenters. The van der Waals surface area contributed by atoms with Gasteiger partial charge in [-0.2, -0.15) is 0 Å². The molecular formula is C27H34BNO5. The molecule has 2 aromatic carbocycles. The molecule has 2 N–H and O–H groups in total. The normalized spacial score (nSPS) is 14.9. The molecule has 34 heavy (non-hydrogen) atoms. The van der Waals surface area contributed by atoms with E-state index >= 15 is 0 Å². The maximum Gasteiger partial charge on any atom is 0.488 e. The third kappa shape index (κ3) is 7.85. The van der Waals surface area contributed by atoms with Crippen molar-refractivity contribution in [3.63, 3.8) is 0 Å². The molecule has 0 atom stereocenters. The molecule has 0 spiro atoms. The summed E-state index contributed by atoms with van der Waals surface area (Å²) in [6, 6.07) is 15.2. The van der Waals surface area contributed by atoms with Crippen molar-refractivity contribution in [1.29, 1.82) is 0 Å². The fourth-order valence-corrected chi connectivity index (χ4v) is 4.17. The van der Waals surface area contributed by atoms with E-state index in [-0.39, 0.29) is 11.9 Å². The second-order valence-electron chi connectivity index (χ2n) is 9.81. The molecule has 1 aliphatic heterocycles. The quantitative estimate of drug-likeness (QED) is 0.375. The van der Waals surface area contributed by atoms with Crippen LogP contribution in [-0.2, 0) is 20.7 Å². The van der Waals surface area contributed by atoms with Crippen LogP contribution in [0.3, 0.4) is 0 Å². The van der Waals surface area contributed by atoms with Crippen molar-refractivity contribution in [2.75, 3.05) is 13.1 Å². The molecule has 1 fully saturated rings. The van der Waals surface area contributed by atoms with E-state index in [2.05, 4.69) is 12.1 Å². The summed E-state index contributed by atoms with van der Waals surface area (Å²) in [4.78, 5) is 26.5. The molecule has 7 heteroatoms. The van der Waals surface area contributed by atoms with E-state index in [1.54, 1.807) is 30.4 Å². The number of piperidine rings is 1. The van der Waals surface area contributed by atoms with Crippen molar-refractivity contribution in [3.8, 4) is 0 Å². The topological polar surface area (TPSA) is 87.1 Å². The van der Waals surface area contributed by atoms with E-state index in [0.717, 1.165) is 24.0 Å². The first-order chi connectivity index (χ1) is 16.1. The maximum atomic E-state index is 12.6. The van der Waals surface area contributed by atoms with Crippen LogP contribution in [0.5, 0.6) is 0 Å². The summed E-state index contributed by atoms with van der Waals surface area (Å²) in [5, 5.41) is 18.6. The molecular weight excluding hydrogens is 429 g/mol. The molecule has 0 aromatic heterocycles. The fraction of sp³-hybridized carbons (Fsp3) is 0.407. The van der Waals surface area contributed by atoms with Crippen molar-refractivity contribution in [2.45, 2.75) is 58.0 Å². The van der Waals surface area contributed by atoms with Gasteiger partial charge in [0.15, 0.2) is 0 Å². The van der Waals surface area contributed by atoms with Gasteiger partial charge in [-0.25, -0.2) is 0 Å². The Morgan fingerprint density at radius 3 is 2.47 bits per heavy atom. The van der Waals surface area contributed by atoms with Crippen LogP contribution in [0.4, 0.5) is 0 Å². The highest BCUT2D eigenvalue weighted by atomic mass is 16.6. The third-order valence-corrected chi connectivity index (χ3v) is 5.89. The summed E-state index contributed by atoms with van der Waals surface area (Å²) in [5.74, 6) is 0.161. The number of benzene rings is 2. The largest absolute Gasteiger partial charge is 0.488 e. The fourth-order valence-electron chi connectivity index (χ4n) is 4.17. The highest BCUT2D eigenvalue weighted by molar-refractivity contribution is 6.58. The molecule has 1 saturated heterocycles. The van der Waals surface area contributed by atoms with E-state index in [4.69, 9.17) is 4.74 Å². The number of rotatable bonds is 7. The maximum absolute atomic E-state index is 12.6. The van der Waals surface area contributed by atoms with Gasteiger partial charge in [0.05, 0.1) is 0 Å². The van der Waals surface area contributed by atoms with Gasteiger partial charge in [0.1, 0.15) is 5.60 Å². The lowest BCUT2D eigenvalue weighted by molar-refractivity contribution is -0.154. The number of esters is 1. The van der Waals surface area contributed by atoms with Gasteiger partial charge in [-0.05, 0) is 74.2 Å². The van der Waals surface area contributed by atoms with Crippen LogP contribution < -0.4 is 5.46 Å². The molecule has 0 aliphatic carbocycles. The average molecular weight is 463 g/mol. The second kappa shape index (κ2) is 11.5. The molecule has 0 saturated carbocycles. The van der Waals surface area contributed by atoms with Gasteiger partial charge in [0, 0.05) is 25.6 Å². The lowest BCUT2D eigenvalue weighted by atomic mass is 9.79. The van der Waals surface area contributed by atoms with Gasteiger partial charge in [0.25, 0.3) is 0 Å². The predicted octanol–water partition coefficient (Wildman–Crippen LogP) is 3.06. The Morgan fingerprint density at radius 1 is 1.09 bits per heavy atom. The molecule has 180 valence electrons. The minimum Gasteiger partial charge on any atom is -0.460 e. The summed E-state index contributed by atoms with van der Waals surface area (Å²) in [5.41, 5.74) is 3.05. The summed E-state index contributed by atoms with van der Waals surface area (Å²) in [7, 11) is -1.53. The van der Waals surface area contributed by atoms with E-state index in [1.165, 1.54) is 5.56 Å². The first-order valence-electron chi connectivity index (χ1n) is 11.8. The van der Waals surface area contributed by atoms with Crippen molar-refractivity contribution < 1.29 is 24.4 Å². The van der Waals surface area contributed by atoms with Gasteiger partial charge in [-0.15, -0.1) is 0 Å². The van der Waals surface area contributed by atoms with Crippen LogP contribution >= 0.6 is 0 Å². The van der Waals surface area contributed by atoms with Crippen LogP contribution in [-0.4, -0.2) is 52.6 Å². The van der Waals surface area contributed by atoms with Crippen LogP contribution in [0, 0.1) is 0 Å². The molecule has 0 bridgehead atoms. The Balaban J connectivity index is 1.51.